The molecule has 0 spiro atoms. The van der Waals surface area contributed by atoms with Crippen molar-refractivity contribution in [1.82, 2.24) is 10.3 Å². The summed E-state index contributed by atoms with van der Waals surface area (Å²) in [4.78, 5) is 16.7. The van der Waals surface area contributed by atoms with Crippen molar-refractivity contribution in [3.8, 4) is 11.5 Å². The minimum absolute atomic E-state index is 0.0915. The number of ether oxygens (including phenoxy) is 2. The molecule has 1 heterocycles. The van der Waals surface area contributed by atoms with Gasteiger partial charge in [-0.1, -0.05) is 12.1 Å². The molecule has 1 atom stereocenters. The lowest BCUT2D eigenvalue weighted by Crippen LogP contribution is -2.43. The minimum Gasteiger partial charge on any atom is -0.497 e. The third-order valence-corrected chi connectivity index (χ3v) is 4.36. The molecular formula is C19H22N2O4. The summed E-state index contributed by atoms with van der Waals surface area (Å²) in [5.74, 6) is 1.21. The van der Waals surface area contributed by atoms with Gasteiger partial charge in [0.05, 0.1) is 24.9 Å². The van der Waals surface area contributed by atoms with Crippen molar-refractivity contribution in [3.63, 3.8) is 0 Å². The van der Waals surface area contributed by atoms with Crippen molar-refractivity contribution in [2.45, 2.75) is 25.0 Å². The molecule has 2 aromatic rings. The molecule has 0 bridgehead atoms. The number of aliphatic hydroxyl groups excluding tert-OH is 1. The van der Waals surface area contributed by atoms with Crippen LogP contribution in [0.15, 0.2) is 48.7 Å². The molecule has 1 aromatic heterocycles. The fourth-order valence-electron chi connectivity index (χ4n) is 2.95. The molecule has 132 valence electrons. The predicted molar refractivity (Wildman–Crippen MR) is 92.3 cm³/mol. The number of methoxy groups -OCH3 is 1. The second-order valence-electron chi connectivity index (χ2n) is 6.15. The van der Waals surface area contributed by atoms with Gasteiger partial charge in [-0.15, -0.1) is 0 Å². The molecule has 0 radical (unpaired) electrons. The Morgan fingerprint density at radius 2 is 2.08 bits per heavy atom. The van der Waals surface area contributed by atoms with E-state index in [1.165, 1.54) is 0 Å². The maximum absolute atomic E-state index is 12.3. The third-order valence-electron chi connectivity index (χ3n) is 4.36. The number of carbonyl (C=O) groups is 1. The Morgan fingerprint density at radius 3 is 2.76 bits per heavy atom. The highest BCUT2D eigenvalue weighted by atomic mass is 16.5. The molecular weight excluding hydrogens is 320 g/mol. The summed E-state index contributed by atoms with van der Waals surface area (Å²) >= 11 is 0. The number of carbonyl (C=O) groups excluding carboxylic acids is 1. The number of pyridine rings is 1. The van der Waals surface area contributed by atoms with Gasteiger partial charge in [0.2, 0.25) is 0 Å². The quantitative estimate of drug-likeness (QED) is 0.805. The molecule has 0 aliphatic heterocycles. The Hall–Kier alpha value is -2.60. The molecule has 1 aromatic carbocycles. The Morgan fingerprint density at radius 1 is 1.28 bits per heavy atom. The van der Waals surface area contributed by atoms with E-state index in [2.05, 4.69) is 10.3 Å². The van der Waals surface area contributed by atoms with Crippen molar-refractivity contribution in [2.75, 3.05) is 13.7 Å². The van der Waals surface area contributed by atoms with Gasteiger partial charge in [-0.05, 0) is 43.0 Å². The average molecular weight is 342 g/mol. The van der Waals surface area contributed by atoms with Gasteiger partial charge in [0.1, 0.15) is 11.5 Å². The number of nitrogens with one attached hydrogen (secondary N) is 1. The first-order valence-corrected chi connectivity index (χ1v) is 8.31. The maximum Gasteiger partial charge on any atom is 0.258 e. The first kappa shape index (κ1) is 17.2. The zero-order chi connectivity index (χ0) is 17.6. The molecule has 6 heteroatoms. The fourth-order valence-corrected chi connectivity index (χ4v) is 2.95. The highest BCUT2D eigenvalue weighted by Crippen LogP contribution is 2.37. The van der Waals surface area contributed by atoms with Crippen molar-refractivity contribution in [3.05, 3.63) is 54.4 Å². The molecule has 1 aliphatic rings. The van der Waals surface area contributed by atoms with Gasteiger partial charge in [0.25, 0.3) is 5.91 Å². The van der Waals surface area contributed by atoms with Gasteiger partial charge in [-0.2, -0.15) is 0 Å². The normalized spacial score (nSPS) is 20.2. The van der Waals surface area contributed by atoms with Crippen molar-refractivity contribution < 1.29 is 19.4 Å². The van der Waals surface area contributed by atoms with Crippen LogP contribution in [0.1, 0.15) is 24.6 Å². The summed E-state index contributed by atoms with van der Waals surface area (Å²) in [6.45, 7) is -0.0915. The SMILES string of the molecule is COc1cccc(OCC(=O)N[C@@H](c2ccccn2)C2CC(O)C2)c1. The van der Waals surface area contributed by atoms with E-state index in [9.17, 15) is 9.90 Å². The van der Waals surface area contributed by atoms with Crippen LogP contribution in [-0.4, -0.2) is 35.8 Å². The van der Waals surface area contributed by atoms with E-state index in [4.69, 9.17) is 9.47 Å². The molecule has 1 amide bonds. The van der Waals surface area contributed by atoms with Gasteiger partial charge >= 0.3 is 0 Å². The number of amides is 1. The molecule has 1 saturated carbocycles. The molecule has 3 rings (SSSR count). The van der Waals surface area contributed by atoms with E-state index in [-0.39, 0.29) is 30.6 Å². The van der Waals surface area contributed by atoms with Crippen LogP contribution in [0.25, 0.3) is 0 Å². The number of hydrogen-bond donors (Lipinski definition) is 2. The standard InChI is InChI=1S/C19H22N2O4/c1-24-15-5-4-6-16(11-15)25-12-18(23)21-19(13-9-14(22)10-13)17-7-2-3-8-20-17/h2-8,11,13-14,19,22H,9-10,12H2,1H3,(H,21,23)/t13?,14?,19-/m1/s1. The number of nitrogens with zero attached hydrogens (tertiary/aromatic N) is 1. The van der Waals surface area contributed by atoms with Gasteiger partial charge in [-0.25, -0.2) is 0 Å². The van der Waals surface area contributed by atoms with Gasteiger partial charge < -0.3 is 19.9 Å². The summed E-state index contributed by atoms with van der Waals surface area (Å²) in [6, 6.07) is 12.5. The Kier molecular flexibility index (Phi) is 5.50. The second-order valence-corrected chi connectivity index (χ2v) is 6.15. The smallest absolute Gasteiger partial charge is 0.258 e. The van der Waals surface area contributed by atoms with E-state index < -0.39 is 0 Å². The summed E-state index contributed by atoms with van der Waals surface area (Å²) in [6.07, 6.45) is 2.74. The summed E-state index contributed by atoms with van der Waals surface area (Å²) < 4.78 is 10.7. The summed E-state index contributed by atoms with van der Waals surface area (Å²) in [7, 11) is 1.58. The zero-order valence-electron chi connectivity index (χ0n) is 14.1. The molecule has 0 unspecified atom stereocenters. The lowest BCUT2D eigenvalue weighted by molar-refractivity contribution is -0.125. The summed E-state index contributed by atoms with van der Waals surface area (Å²) in [5.41, 5.74) is 0.800. The number of hydrogen-bond acceptors (Lipinski definition) is 5. The highest BCUT2D eigenvalue weighted by molar-refractivity contribution is 5.78. The van der Waals surface area contributed by atoms with Crippen molar-refractivity contribution >= 4 is 5.91 Å². The molecule has 1 aliphatic carbocycles. The topological polar surface area (TPSA) is 80.7 Å². The van der Waals surface area contributed by atoms with Gasteiger partial charge in [0, 0.05) is 12.3 Å². The van der Waals surface area contributed by atoms with E-state index in [0.717, 1.165) is 5.69 Å². The fraction of sp³-hybridized carbons (Fsp3) is 0.368. The largest absolute Gasteiger partial charge is 0.497 e. The van der Waals surface area contributed by atoms with Crippen LogP contribution in [0, 0.1) is 5.92 Å². The van der Waals surface area contributed by atoms with Crippen molar-refractivity contribution in [1.29, 1.82) is 0 Å². The molecule has 6 nitrogen and oxygen atoms in total. The van der Waals surface area contributed by atoms with E-state index >= 15 is 0 Å². The molecule has 0 saturated heterocycles. The van der Waals surface area contributed by atoms with Crippen LogP contribution in [0.3, 0.4) is 0 Å². The monoisotopic (exact) mass is 342 g/mol. The number of aliphatic hydroxyl groups is 1. The summed E-state index contributed by atoms with van der Waals surface area (Å²) in [5, 5.41) is 12.6. The van der Waals surface area contributed by atoms with Crippen LogP contribution in [0.5, 0.6) is 11.5 Å². The number of benzene rings is 1. The van der Waals surface area contributed by atoms with Crippen LogP contribution >= 0.6 is 0 Å². The Balaban J connectivity index is 1.60. The lowest BCUT2D eigenvalue weighted by atomic mass is 9.76. The van der Waals surface area contributed by atoms with E-state index in [0.29, 0.717) is 24.3 Å². The first-order chi connectivity index (χ1) is 12.2. The molecule has 2 N–H and O–H groups in total. The molecule has 1 fully saturated rings. The Labute approximate surface area is 146 Å². The van der Waals surface area contributed by atoms with Crippen LogP contribution < -0.4 is 14.8 Å². The predicted octanol–water partition coefficient (Wildman–Crippen LogP) is 2.10. The lowest BCUT2D eigenvalue weighted by Gasteiger charge is -2.37. The van der Waals surface area contributed by atoms with Gasteiger partial charge in [-0.3, -0.25) is 9.78 Å². The third kappa shape index (κ3) is 4.48. The van der Waals surface area contributed by atoms with Gasteiger partial charge in [0.15, 0.2) is 6.61 Å². The molecule has 25 heavy (non-hydrogen) atoms. The highest BCUT2D eigenvalue weighted by Gasteiger charge is 2.36. The average Bonchev–Trinajstić information content (AvgIpc) is 2.63. The number of aromatic nitrogens is 1. The van der Waals surface area contributed by atoms with Crippen LogP contribution in [0.2, 0.25) is 0 Å². The van der Waals surface area contributed by atoms with E-state index in [1.54, 1.807) is 31.5 Å². The Bertz CT molecular complexity index is 702. The first-order valence-electron chi connectivity index (χ1n) is 8.31. The van der Waals surface area contributed by atoms with Crippen LogP contribution in [-0.2, 0) is 4.79 Å². The number of rotatable bonds is 7. The second kappa shape index (κ2) is 7.98. The maximum atomic E-state index is 12.3. The zero-order valence-corrected chi connectivity index (χ0v) is 14.1. The van der Waals surface area contributed by atoms with Crippen molar-refractivity contribution in [2.24, 2.45) is 5.92 Å². The van der Waals surface area contributed by atoms with Crippen LogP contribution in [0.4, 0.5) is 0 Å². The van der Waals surface area contributed by atoms with E-state index in [1.807, 2.05) is 24.3 Å². The minimum atomic E-state index is -0.291.